The zero-order valence-corrected chi connectivity index (χ0v) is 6.18. The number of rotatable bonds is 3. The molecule has 0 rings (SSSR count). The Morgan fingerprint density at radius 3 is 2.12 bits per heavy atom. The molecular formula is C6H15N2. The fraction of sp³-hybridized carbons (Fsp3) is 1.00. The number of nitrogens with zero attached hydrogens (tertiary/aromatic N) is 2. The molecular weight excluding hydrogens is 100 g/mol. The molecule has 49 valence electrons. The van der Waals surface area contributed by atoms with Crippen molar-refractivity contribution in [3.63, 3.8) is 0 Å². The Labute approximate surface area is 51.8 Å². The molecule has 0 unspecified atom stereocenters. The molecule has 0 heterocycles. The maximum Gasteiger partial charge on any atom is 0.0278 e. The van der Waals surface area contributed by atoms with Gasteiger partial charge in [0.25, 0.3) is 0 Å². The quantitative estimate of drug-likeness (QED) is 0.499. The van der Waals surface area contributed by atoms with E-state index in [9.17, 15) is 0 Å². The highest BCUT2D eigenvalue weighted by Crippen LogP contribution is 1.87. The van der Waals surface area contributed by atoms with Gasteiger partial charge in [-0.1, -0.05) is 0 Å². The summed E-state index contributed by atoms with van der Waals surface area (Å²) in [5.41, 5.74) is 4.16. The maximum absolute atomic E-state index is 4.16. The summed E-state index contributed by atoms with van der Waals surface area (Å²) in [7, 11) is 1.99. The fourth-order valence-corrected chi connectivity index (χ4v) is 0.386. The summed E-state index contributed by atoms with van der Waals surface area (Å²) in [5, 5.41) is 1.97. The summed E-state index contributed by atoms with van der Waals surface area (Å²) in [6.07, 6.45) is 0. The van der Waals surface area contributed by atoms with Gasteiger partial charge in [-0.3, -0.25) is 0 Å². The van der Waals surface area contributed by atoms with E-state index in [0.29, 0.717) is 6.04 Å². The van der Waals surface area contributed by atoms with Gasteiger partial charge >= 0.3 is 0 Å². The lowest BCUT2D eigenvalue weighted by atomic mass is 10.4. The van der Waals surface area contributed by atoms with Crippen LogP contribution in [0.2, 0.25) is 0 Å². The second-order valence-electron chi connectivity index (χ2n) is 2.13. The van der Waals surface area contributed by atoms with Gasteiger partial charge < -0.3 is 0 Å². The molecule has 0 aromatic carbocycles. The molecule has 2 heteroatoms. The first kappa shape index (κ1) is 7.92. The van der Waals surface area contributed by atoms with Gasteiger partial charge in [-0.2, -0.15) is 5.43 Å². The van der Waals surface area contributed by atoms with Gasteiger partial charge in [-0.15, -0.1) is 0 Å². The molecule has 0 spiro atoms. The van der Waals surface area contributed by atoms with Crippen molar-refractivity contribution in [3.05, 3.63) is 0 Å². The van der Waals surface area contributed by atoms with E-state index in [-0.39, 0.29) is 0 Å². The summed E-state index contributed by atoms with van der Waals surface area (Å²) in [4.78, 5) is 0. The van der Waals surface area contributed by atoms with Crippen LogP contribution in [0.15, 0.2) is 0 Å². The van der Waals surface area contributed by atoms with E-state index in [2.05, 4.69) is 19.3 Å². The van der Waals surface area contributed by atoms with E-state index < -0.39 is 0 Å². The Morgan fingerprint density at radius 2 is 2.00 bits per heavy atom. The van der Waals surface area contributed by atoms with E-state index in [0.717, 1.165) is 6.54 Å². The minimum absolute atomic E-state index is 0.537. The summed E-state index contributed by atoms with van der Waals surface area (Å²) < 4.78 is 0. The van der Waals surface area contributed by atoms with Crippen molar-refractivity contribution in [1.82, 2.24) is 10.4 Å². The molecule has 2 nitrogen and oxygen atoms in total. The monoisotopic (exact) mass is 115 g/mol. The van der Waals surface area contributed by atoms with Gasteiger partial charge in [0.15, 0.2) is 0 Å². The number of hydrogen-bond donors (Lipinski definition) is 0. The van der Waals surface area contributed by atoms with Crippen LogP contribution in [0.1, 0.15) is 20.8 Å². The Bertz CT molecular complexity index is 52.5. The highest BCUT2D eigenvalue weighted by atomic mass is 15.5. The van der Waals surface area contributed by atoms with E-state index in [1.165, 1.54) is 0 Å². The zero-order chi connectivity index (χ0) is 6.57. The molecule has 0 aromatic rings. The third kappa shape index (κ3) is 2.99. The lowest BCUT2D eigenvalue weighted by Crippen LogP contribution is -2.33. The molecule has 0 aromatic heterocycles. The minimum Gasteiger partial charge on any atom is -0.227 e. The van der Waals surface area contributed by atoms with Crippen molar-refractivity contribution >= 4 is 0 Å². The van der Waals surface area contributed by atoms with Crippen LogP contribution in [0.5, 0.6) is 0 Å². The van der Waals surface area contributed by atoms with E-state index in [1.807, 2.05) is 19.0 Å². The molecule has 0 fully saturated rings. The molecule has 0 aliphatic rings. The van der Waals surface area contributed by atoms with Crippen LogP contribution in [0, 0.1) is 0 Å². The Morgan fingerprint density at radius 1 is 1.50 bits per heavy atom. The fourth-order valence-electron chi connectivity index (χ4n) is 0.386. The summed E-state index contributed by atoms with van der Waals surface area (Å²) in [6, 6.07) is 0.537. The van der Waals surface area contributed by atoms with Gasteiger partial charge in [0, 0.05) is 19.6 Å². The molecule has 0 saturated heterocycles. The van der Waals surface area contributed by atoms with Crippen molar-refractivity contribution in [1.29, 1.82) is 0 Å². The Hall–Kier alpha value is -0.0800. The SMILES string of the molecule is CC[N]N(C)C(C)C. The smallest absolute Gasteiger partial charge is 0.0278 e. The van der Waals surface area contributed by atoms with Gasteiger partial charge in [-0.25, -0.2) is 5.01 Å². The van der Waals surface area contributed by atoms with Crippen LogP contribution in [0.25, 0.3) is 0 Å². The summed E-state index contributed by atoms with van der Waals surface area (Å²) >= 11 is 0. The van der Waals surface area contributed by atoms with Crippen molar-refractivity contribution in [2.45, 2.75) is 26.8 Å². The van der Waals surface area contributed by atoms with Crippen molar-refractivity contribution in [2.75, 3.05) is 13.6 Å². The molecule has 0 aliphatic heterocycles. The van der Waals surface area contributed by atoms with Crippen molar-refractivity contribution in [3.8, 4) is 0 Å². The molecule has 1 radical (unpaired) electrons. The Balaban J connectivity index is 3.17. The van der Waals surface area contributed by atoms with Gasteiger partial charge in [0.05, 0.1) is 0 Å². The van der Waals surface area contributed by atoms with Crippen molar-refractivity contribution < 1.29 is 0 Å². The van der Waals surface area contributed by atoms with E-state index in [1.54, 1.807) is 0 Å². The zero-order valence-electron chi connectivity index (χ0n) is 6.18. The van der Waals surface area contributed by atoms with Crippen LogP contribution in [0.4, 0.5) is 0 Å². The third-order valence-corrected chi connectivity index (χ3v) is 1.11. The minimum atomic E-state index is 0.537. The molecule has 0 aliphatic carbocycles. The third-order valence-electron chi connectivity index (χ3n) is 1.11. The van der Waals surface area contributed by atoms with Crippen LogP contribution >= 0.6 is 0 Å². The average molecular weight is 115 g/mol. The number of hydrogen-bond acceptors (Lipinski definition) is 1. The highest BCUT2D eigenvalue weighted by molar-refractivity contribution is 4.47. The summed E-state index contributed by atoms with van der Waals surface area (Å²) in [5.74, 6) is 0. The van der Waals surface area contributed by atoms with Crippen molar-refractivity contribution in [2.24, 2.45) is 0 Å². The van der Waals surface area contributed by atoms with Gasteiger partial charge in [0.2, 0.25) is 0 Å². The molecule has 0 bridgehead atoms. The molecule has 0 amide bonds. The lowest BCUT2D eigenvalue weighted by molar-refractivity contribution is 0.184. The second kappa shape index (κ2) is 3.87. The topological polar surface area (TPSA) is 17.3 Å². The standard InChI is InChI=1S/C6H15N2/c1-5-7-8(4)6(2)3/h6H,5H2,1-4H3. The first-order valence-corrected chi connectivity index (χ1v) is 3.08. The van der Waals surface area contributed by atoms with Gasteiger partial charge in [-0.05, 0) is 20.8 Å². The van der Waals surface area contributed by atoms with Crippen LogP contribution < -0.4 is 5.43 Å². The largest absolute Gasteiger partial charge is 0.227 e. The van der Waals surface area contributed by atoms with Crippen LogP contribution in [-0.4, -0.2) is 24.6 Å². The van der Waals surface area contributed by atoms with Gasteiger partial charge in [0.1, 0.15) is 0 Å². The Kier molecular flexibility index (Phi) is 3.83. The predicted molar refractivity (Wildman–Crippen MR) is 35.6 cm³/mol. The molecule has 0 saturated carbocycles. The van der Waals surface area contributed by atoms with E-state index >= 15 is 0 Å². The molecule has 8 heavy (non-hydrogen) atoms. The predicted octanol–water partition coefficient (Wildman–Crippen LogP) is 0.866. The summed E-state index contributed by atoms with van der Waals surface area (Å²) in [6.45, 7) is 7.17. The molecule has 0 N–H and O–H groups in total. The lowest BCUT2D eigenvalue weighted by Gasteiger charge is -2.18. The first-order chi connectivity index (χ1) is 3.68. The molecule has 0 atom stereocenters. The normalized spacial score (nSPS) is 11.2. The van der Waals surface area contributed by atoms with Crippen LogP contribution in [-0.2, 0) is 0 Å². The highest BCUT2D eigenvalue weighted by Gasteiger charge is 1.99. The maximum atomic E-state index is 4.16. The second-order valence-corrected chi connectivity index (χ2v) is 2.13. The van der Waals surface area contributed by atoms with Crippen LogP contribution in [0.3, 0.4) is 0 Å². The average Bonchev–Trinajstić information content (AvgIpc) is 1.67. The first-order valence-electron chi connectivity index (χ1n) is 3.08. The van der Waals surface area contributed by atoms with E-state index in [4.69, 9.17) is 0 Å².